The first-order chi connectivity index (χ1) is 4.73. The van der Waals surface area contributed by atoms with Gasteiger partial charge in [0.2, 0.25) is 0 Å². The molecular weight excluding hydrogens is 136 g/mol. The fourth-order valence-electron chi connectivity index (χ4n) is 0.385. The van der Waals surface area contributed by atoms with Crippen molar-refractivity contribution < 1.29 is 0 Å². The van der Waals surface area contributed by atoms with E-state index >= 15 is 0 Å². The Kier molecular flexibility index (Phi) is 10.6. The minimum atomic E-state index is 0. The molecule has 0 saturated heterocycles. The number of hydrogen-bond acceptors (Lipinski definition) is 2. The van der Waals surface area contributed by atoms with Gasteiger partial charge in [-0.2, -0.15) is 0 Å². The highest BCUT2D eigenvalue weighted by Gasteiger charge is 1.58. The molecular formula is C9H18N2. The fraction of sp³-hybridized carbons (Fsp3) is 0.333. The molecule has 0 fully saturated rings. The summed E-state index contributed by atoms with van der Waals surface area (Å²) in [6, 6.07) is 12.0. The number of rotatable bonds is 0. The van der Waals surface area contributed by atoms with Crippen LogP contribution in [0, 0.1) is 0 Å². The van der Waals surface area contributed by atoms with Gasteiger partial charge in [0.1, 0.15) is 0 Å². The Morgan fingerprint density at radius 3 is 0.818 bits per heavy atom. The second-order valence-electron chi connectivity index (χ2n) is 2.50. The molecule has 0 bridgehead atoms. The van der Waals surface area contributed by atoms with Crippen LogP contribution < -0.4 is 6.15 Å². The summed E-state index contributed by atoms with van der Waals surface area (Å²) in [7, 11) is 6.00. The van der Waals surface area contributed by atoms with E-state index < -0.39 is 0 Å². The van der Waals surface area contributed by atoms with Crippen molar-refractivity contribution in [2.75, 3.05) is 21.1 Å². The van der Waals surface area contributed by atoms with E-state index in [2.05, 4.69) is 0 Å². The first kappa shape index (κ1) is 12.8. The molecule has 11 heavy (non-hydrogen) atoms. The quantitative estimate of drug-likeness (QED) is 0.621. The standard InChI is InChI=1S/C6H6.C3H9N.H3N/c1-2-4-6-5-3-1;1-4(2)3;/h1-6H;1-3H3;1H3. The third kappa shape index (κ3) is 17.6. The van der Waals surface area contributed by atoms with Gasteiger partial charge in [-0.25, -0.2) is 0 Å². The minimum Gasteiger partial charge on any atom is -0.344 e. The summed E-state index contributed by atoms with van der Waals surface area (Å²) < 4.78 is 0. The molecule has 1 aromatic carbocycles. The van der Waals surface area contributed by atoms with Gasteiger partial charge in [0.25, 0.3) is 0 Å². The first-order valence-electron chi connectivity index (χ1n) is 3.34. The van der Waals surface area contributed by atoms with E-state index in [1.807, 2.05) is 62.4 Å². The van der Waals surface area contributed by atoms with Gasteiger partial charge in [0, 0.05) is 0 Å². The van der Waals surface area contributed by atoms with Gasteiger partial charge in [0.15, 0.2) is 0 Å². The van der Waals surface area contributed by atoms with Crippen LogP contribution in [0.2, 0.25) is 0 Å². The largest absolute Gasteiger partial charge is 0.344 e. The van der Waals surface area contributed by atoms with Crippen LogP contribution >= 0.6 is 0 Å². The third-order valence-electron chi connectivity index (χ3n) is 0.667. The summed E-state index contributed by atoms with van der Waals surface area (Å²) in [4.78, 5) is 2.00. The fourth-order valence-corrected chi connectivity index (χ4v) is 0.385. The van der Waals surface area contributed by atoms with Crippen LogP contribution in [0.1, 0.15) is 0 Å². The lowest BCUT2D eigenvalue weighted by atomic mass is 10.4. The monoisotopic (exact) mass is 154 g/mol. The Morgan fingerprint density at radius 2 is 0.727 bits per heavy atom. The van der Waals surface area contributed by atoms with E-state index in [0.717, 1.165) is 0 Å². The van der Waals surface area contributed by atoms with Crippen molar-refractivity contribution in [1.82, 2.24) is 11.1 Å². The average Bonchev–Trinajstić information content (AvgIpc) is 1.90. The smallest absolute Gasteiger partial charge is 0.0140 e. The molecule has 0 aliphatic carbocycles. The highest BCUT2D eigenvalue weighted by Crippen LogP contribution is 1.79. The second-order valence-corrected chi connectivity index (χ2v) is 2.50. The Balaban J connectivity index is 0. The van der Waals surface area contributed by atoms with Gasteiger partial charge < -0.3 is 11.1 Å². The lowest BCUT2D eigenvalue weighted by Crippen LogP contribution is -1.99. The molecule has 0 aliphatic heterocycles. The third-order valence-corrected chi connectivity index (χ3v) is 0.667. The molecule has 2 heteroatoms. The Labute approximate surface area is 69.4 Å². The van der Waals surface area contributed by atoms with Crippen LogP contribution in [0.25, 0.3) is 0 Å². The van der Waals surface area contributed by atoms with Gasteiger partial charge in [-0.1, -0.05) is 36.4 Å². The van der Waals surface area contributed by atoms with Gasteiger partial charge >= 0.3 is 0 Å². The molecule has 3 N–H and O–H groups in total. The van der Waals surface area contributed by atoms with Gasteiger partial charge in [-0.05, 0) is 21.1 Å². The number of nitrogens with zero attached hydrogens (tertiary/aromatic N) is 1. The van der Waals surface area contributed by atoms with Crippen molar-refractivity contribution in [1.29, 1.82) is 0 Å². The molecule has 2 nitrogen and oxygen atoms in total. The van der Waals surface area contributed by atoms with Crippen molar-refractivity contribution >= 4 is 0 Å². The van der Waals surface area contributed by atoms with Crippen LogP contribution in [0.4, 0.5) is 0 Å². The van der Waals surface area contributed by atoms with Gasteiger partial charge in [-0.3, -0.25) is 0 Å². The maximum absolute atomic E-state index is 2.00. The molecule has 0 saturated carbocycles. The van der Waals surface area contributed by atoms with E-state index in [1.54, 1.807) is 0 Å². The van der Waals surface area contributed by atoms with E-state index in [0.29, 0.717) is 0 Å². The molecule has 0 amide bonds. The van der Waals surface area contributed by atoms with Crippen LogP contribution in [0.5, 0.6) is 0 Å². The predicted octanol–water partition coefficient (Wildman–Crippen LogP) is 2.03. The molecule has 0 aliphatic rings. The molecule has 0 unspecified atom stereocenters. The minimum absolute atomic E-state index is 0. The van der Waals surface area contributed by atoms with Crippen LogP contribution in [-0.2, 0) is 0 Å². The lowest BCUT2D eigenvalue weighted by Gasteiger charge is -1.90. The summed E-state index contributed by atoms with van der Waals surface area (Å²) in [5, 5.41) is 0. The van der Waals surface area contributed by atoms with Crippen LogP contribution in [0.15, 0.2) is 36.4 Å². The Morgan fingerprint density at radius 1 is 0.636 bits per heavy atom. The number of hydrogen-bond donors (Lipinski definition) is 1. The van der Waals surface area contributed by atoms with E-state index in [9.17, 15) is 0 Å². The maximum Gasteiger partial charge on any atom is -0.0140 e. The first-order valence-corrected chi connectivity index (χ1v) is 3.34. The maximum atomic E-state index is 2.00. The van der Waals surface area contributed by atoms with E-state index in [-0.39, 0.29) is 6.15 Å². The molecule has 64 valence electrons. The highest BCUT2D eigenvalue weighted by molar-refractivity contribution is 4.99. The van der Waals surface area contributed by atoms with E-state index in [4.69, 9.17) is 0 Å². The molecule has 1 aromatic rings. The van der Waals surface area contributed by atoms with Crippen LogP contribution in [-0.4, -0.2) is 26.0 Å². The molecule has 0 aromatic heterocycles. The average molecular weight is 154 g/mol. The summed E-state index contributed by atoms with van der Waals surface area (Å²) in [6.07, 6.45) is 0. The zero-order valence-electron chi connectivity index (χ0n) is 7.62. The summed E-state index contributed by atoms with van der Waals surface area (Å²) in [6.45, 7) is 0. The second kappa shape index (κ2) is 9.14. The number of benzene rings is 1. The normalized spacial score (nSPS) is 7.64. The Bertz CT molecular complexity index is 108. The van der Waals surface area contributed by atoms with Crippen molar-refractivity contribution in [3.05, 3.63) is 36.4 Å². The van der Waals surface area contributed by atoms with Crippen LogP contribution in [0.3, 0.4) is 0 Å². The topological polar surface area (TPSA) is 38.2 Å². The molecule has 0 spiro atoms. The SMILES string of the molecule is CN(C)C.N.c1ccccc1. The zero-order chi connectivity index (χ0) is 7.82. The molecule has 0 heterocycles. The van der Waals surface area contributed by atoms with Crippen molar-refractivity contribution in [3.8, 4) is 0 Å². The van der Waals surface area contributed by atoms with E-state index in [1.165, 1.54) is 0 Å². The van der Waals surface area contributed by atoms with Crippen molar-refractivity contribution in [3.63, 3.8) is 0 Å². The predicted molar refractivity (Wildman–Crippen MR) is 51.1 cm³/mol. The molecule has 1 rings (SSSR count). The summed E-state index contributed by atoms with van der Waals surface area (Å²) in [5.41, 5.74) is 0. The van der Waals surface area contributed by atoms with Crippen molar-refractivity contribution in [2.45, 2.75) is 0 Å². The lowest BCUT2D eigenvalue weighted by molar-refractivity contribution is 0.505. The Hall–Kier alpha value is -0.860. The summed E-state index contributed by atoms with van der Waals surface area (Å²) >= 11 is 0. The highest BCUT2D eigenvalue weighted by atomic mass is 15.0. The van der Waals surface area contributed by atoms with Gasteiger partial charge in [-0.15, -0.1) is 0 Å². The summed E-state index contributed by atoms with van der Waals surface area (Å²) in [5.74, 6) is 0. The van der Waals surface area contributed by atoms with Gasteiger partial charge in [0.05, 0.1) is 0 Å². The molecule has 0 atom stereocenters. The van der Waals surface area contributed by atoms with Crippen molar-refractivity contribution in [2.24, 2.45) is 0 Å². The zero-order valence-corrected chi connectivity index (χ0v) is 7.62. The molecule has 0 radical (unpaired) electrons.